The second-order valence-electron chi connectivity index (χ2n) is 3.50. The highest BCUT2D eigenvalue weighted by molar-refractivity contribution is 6.09. The topological polar surface area (TPSA) is 66.2 Å². The molecule has 2 aromatic heterocycles. The molecule has 0 amide bonds. The molecule has 0 aliphatic rings. The molecule has 0 aliphatic heterocycles. The van der Waals surface area contributed by atoms with Crippen molar-refractivity contribution < 1.29 is 10.2 Å². The van der Waals surface area contributed by atoms with Crippen LogP contribution in [0, 0.1) is 0 Å². The van der Waals surface area contributed by atoms with Crippen LogP contribution in [0.15, 0.2) is 36.7 Å². The SMILES string of the molecule is Cl.Oc1c(O)c2ncccc2c2ncccc12. The van der Waals surface area contributed by atoms with E-state index in [9.17, 15) is 10.2 Å². The van der Waals surface area contributed by atoms with E-state index in [1.807, 2.05) is 6.07 Å². The molecule has 5 heteroatoms. The molecule has 3 rings (SSSR count). The number of hydrogen-bond acceptors (Lipinski definition) is 4. The summed E-state index contributed by atoms with van der Waals surface area (Å²) in [5.41, 5.74) is 1.01. The van der Waals surface area contributed by atoms with Crippen LogP contribution < -0.4 is 0 Å². The Morgan fingerprint density at radius 2 is 1.35 bits per heavy atom. The molecule has 0 spiro atoms. The van der Waals surface area contributed by atoms with Crippen LogP contribution in [-0.4, -0.2) is 20.2 Å². The van der Waals surface area contributed by atoms with Crippen molar-refractivity contribution in [2.45, 2.75) is 0 Å². The molecule has 17 heavy (non-hydrogen) atoms. The summed E-state index contributed by atoms with van der Waals surface area (Å²) in [7, 11) is 0. The zero-order valence-electron chi connectivity index (χ0n) is 8.66. The van der Waals surface area contributed by atoms with E-state index in [-0.39, 0.29) is 23.9 Å². The molecule has 0 saturated heterocycles. The summed E-state index contributed by atoms with van der Waals surface area (Å²) in [6, 6.07) is 7.01. The number of aromatic nitrogens is 2. The Hall–Kier alpha value is -2.07. The van der Waals surface area contributed by atoms with Crippen molar-refractivity contribution in [3.05, 3.63) is 36.7 Å². The van der Waals surface area contributed by atoms with Gasteiger partial charge in [0.1, 0.15) is 5.52 Å². The van der Waals surface area contributed by atoms with Crippen molar-refractivity contribution in [1.29, 1.82) is 0 Å². The minimum absolute atomic E-state index is 0. The minimum Gasteiger partial charge on any atom is -0.504 e. The Bertz CT molecular complexity index is 640. The maximum Gasteiger partial charge on any atom is 0.185 e. The lowest BCUT2D eigenvalue weighted by Gasteiger charge is -2.06. The standard InChI is InChI=1S/C12H8N2O2.ClH/c15-11-8-4-2-5-13-9(8)7-3-1-6-14-10(7)12(11)16;/h1-6,15-16H;1H. The van der Waals surface area contributed by atoms with Crippen LogP contribution in [0.1, 0.15) is 0 Å². The first-order valence-electron chi connectivity index (χ1n) is 4.82. The number of hydrogen-bond donors (Lipinski definition) is 2. The number of fused-ring (bicyclic) bond motifs is 3. The quantitative estimate of drug-likeness (QED) is 0.474. The van der Waals surface area contributed by atoms with Crippen molar-refractivity contribution in [1.82, 2.24) is 9.97 Å². The highest BCUT2D eigenvalue weighted by Crippen LogP contribution is 2.39. The first-order chi connectivity index (χ1) is 7.79. The van der Waals surface area contributed by atoms with Crippen molar-refractivity contribution in [2.75, 3.05) is 0 Å². The van der Waals surface area contributed by atoms with Gasteiger partial charge in [0.15, 0.2) is 11.5 Å². The second-order valence-corrected chi connectivity index (χ2v) is 3.50. The number of halogens is 1. The predicted molar refractivity (Wildman–Crippen MR) is 67.6 cm³/mol. The molecule has 0 bridgehead atoms. The molecule has 0 unspecified atom stereocenters. The van der Waals surface area contributed by atoms with E-state index in [2.05, 4.69) is 9.97 Å². The number of rotatable bonds is 0. The first-order valence-corrected chi connectivity index (χ1v) is 4.82. The number of phenolic OH excluding ortho intramolecular Hbond substituents is 2. The molecule has 0 radical (unpaired) electrons. The molecule has 0 aliphatic carbocycles. The highest BCUT2D eigenvalue weighted by atomic mass is 35.5. The van der Waals surface area contributed by atoms with Gasteiger partial charge >= 0.3 is 0 Å². The molecule has 86 valence electrons. The Morgan fingerprint density at radius 3 is 2.06 bits per heavy atom. The summed E-state index contributed by atoms with van der Waals surface area (Å²) in [5, 5.41) is 20.9. The third-order valence-corrected chi connectivity index (χ3v) is 2.57. The number of phenols is 2. The van der Waals surface area contributed by atoms with Crippen LogP contribution in [0.4, 0.5) is 0 Å². The molecule has 0 fully saturated rings. The van der Waals surface area contributed by atoms with E-state index in [0.29, 0.717) is 16.4 Å². The lowest BCUT2D eigenvalue weighted by Crippen LogP contribution is -1.85. The lowest BCUT2D eigenvalue weighted by atomic mass is 10.1. The molecule has 2 heterocycles. The molecule has 3 aromatic rings. The minimum atomic E-state index is -0.198. The smallest absolute Gasteiger partial charge is 0.185 e. The summed E-state index contributed by atoms with van der Waals surface area (Å²) < 4.78 is 0. The summed E-state index contributed by atoms with van der Waals surface area (Å²) in [6.45, 7) is 0. The van der Waals surface area contributed by atoms with E-state index >= 15 is 0 Å². The molecular formula is C12H9ClN2O2. The largest absolute Gasteiger partial charge is 0.504 e. The van der Waals surface area contributed by atoms with Gasteiger partial charge in [-0.05, 0) is 24.3 Å². The maximum absolute atomic E-state index is 9.83. The fraction of sp³-hybridized carbons (Fsp3) is 0. The second kappa shape index (κ2) is 4.07. The summed E-state index contributed by atoms with van der Waals surface area (Å²) in [5.74, 6) is -0.370. The van der Waals surface area contributed by atoms with Gasteiger partial charge in [-0.25, -0.2) is 0 Å². The molecule has 4 nitrogen and oxygen atoms in total. The van der Waals surface area contributed by atoms with Crippen molar-refractivity contribution >= 4 is 34.2 Å². The van der Waals surface area contributed by atoms with Crippen LogP contribution >= 0.6 is 12.4 Å². The average Bonchev–Trinajstić information content (AvgIpc) is 2.36. The van der Waals surface area contributed by atoms with Gasteiger partial charge in [0.05, 0.1) is 5.52 Å². The summed E-state index contributed by atoms with van der Waals surface area (Å²) in [4.78, 5) is 8.24. The molecule has 2 N–H and O–H groups in total. The van der Waals surface area contributed by atoms with Crippen LogP contribution in [0.25, 0.3) is 21.8 Å². The third-order valence-electron chi connectivity index (χ3n) is 2.57. The Morgan fingerprint density at radius 1 is 0.765 bits per heavy atom. The van der Waals surface area contributed by atoms with Crippen molar-refractivity contribution in [3.63, 3.8) is 0 Å². The fourth-order valence-corrected chi connectivity index (χ4v) is 1.84. The van der Waals surface area contributed by atoms with E-state index in [4.69, 9.17) is 0 Å². The third kappa shape index (κ3) is 1.54. The number of aromatic hydroxyl groups is 2. The Kier molecular flexibility index (Phi) is 2.73. The maximum atomic E-state index is 9.83. The van der Waals surface area contributed by atoms with Crippen molar-refractivity contribution in [2.24, 2.45) is 0 Å². The van der Waals surface area contributed by atoms with Gasteiger partial charge in [-0.2, -0.15) is 0 Å². The van der Waals surface area contributed by atoms with Gasteiger partial charge in [0, 0.05) is 23.2 Å². The first kappa shape index (κ1) is 11.4. The zero-order chi connectivity index (χ0) is 11.1. The summed E-state index contributed by atoms with van der Waals surface area (Å²) >= 11 is 0. The number of benzene rings is 1. The average molecular weight is 249 g/mol. The molecule has 1 aromatic carbocycles. The molecule has 0 saturated carbocycles. The number of pyridine rings is 2. The van der Waals surface area contributed by atoms with E-state index in [0.717, 1.165) is 5.39 Å². The molecule has 0 atom stereocenters. The van der Waals surface area contributed by atoms with Crippen LogP contribution in [0.5, 0.6) is 11.5 Å². The fourth-order valence-electron chi connectivity index (χ4n) is 1.84. The van der Waals surface area contributed by atoms with Crippen LogP contribution in [0.2, 0.25) is 0 Å². The normalized spacial score (nSPS) is 10.4. The van der Waals surface area contributed by atoms with Crippen molar-refractivity contribution in [3.8, 4) is 11.5 Å². The predicted octanol–water partition coefficient (Wildman–Crippen LogP) is 2.62. The Balaban J connectivity index is 0.00000108. The van der Waals surface area contributed by atoms with Crippen LogP contribution in [-0.2, 0) is 0 Å². The van der Waals surface area contributed by atoms with Gasteiger partial charge in [-0.15, -0.1) is 12.4 Å². The van der Waals surface area contributed by atoms with Gasteiger partial charge < -0.3 is 10.2 Å². The van der Waals surface area contributed by atoms with Gasteiger partial charge in [0.25, 0.3) is 0 Å². The van der Waals surface area contributed by atoms with Gasteiger partial charge in [-0.3, -0.25) is 9.97 Å². The number of nitrogens with zero attached hydrogens (tertiary/aromatic N) is 2. The van der Waals surface area contributed by atoms with Crippen LogP contribution in [0.3, 0.4) is 0 Å². The van der Waals surface area contributed by atoms with E-state index in [1.165, 1.54) is 0 Å². The monoisotopic (exact) mass is 248 g/mol. The summed E-state index contributed by atoms with van der Waals surface area (Å²) in [6.07, 6.45) is 3.21. The van der Waals surface area contributed by atoms with E-state index < -0.39 is 0 Å². The lowest BCUT2D eigenvalue weighted by molar-refractivity contribution is 0.411. The van der Waals surface area contributed by atoms with Gasteiger partial charge in [-0.1, -0.05) is 0 Å². The van der Waals surface area contributed by atoms with Gasteiger partial charge in [0.2, 0.25) is 0 Å². The molecular weight excluding hydrogens is 240 g/mol. The van der Waals surface area contributed by atoms with E-state index in [1.54, 1.807) is 30.6 Å². The highest BCUT2D eigenvalue weighted by Gasteiger charge is 2.13. The Labute approximate surface area is 103 Å². The zero-order valence-corrected chi connectivity index (χ0v) is 9.48.